The van der Waals surface area contributed by atoms with Crippen molar-refractivity contribution in [2.24, 2.45) is 5.92 Å². The molecule has 1 fully saturated rings. The highest BCUT2D eigenvalue weighted by Crippen LogP contribution is 2.28. The van der Waals surface area contributed by atoms with Crippen LogP contribution in [0.1, 0.15) is 12.1 Å². The summed E-state index contributed by atoms with van der Waals surface area (Å²) in [5.74, 6) is -0.383. The molecule has 3 heterocycles. The fourth-order valence-electron chi connectivity index (χ4n) is 3.48. The number of fused-ring (bicyclic) bond motifs is 1. The molecule has 1 aliphatic heterocycles. The fraction of sp³-hybridized carbons (Fsp3) is 0.286. The van der Waals surface area contributed by atoms with Gasteiger partial charge in [0.25, 0.3) is 0 Å². The third-order valence-corrected chi connectivity index (χ3v) is 5.68. The van der Waals surface area contributed by atoms with Gasteiger partial charge in [0.2, 0.25) is 11.8 Å². The van der Waals surface area contributed by atoms with Crippen LogP contribution in [-0.2, 0) is 16.0 Å². The lowest BCUT2D eigenvalue weighted by Gasteiger charge is -2.17. The zero-order valence-corrected chi connectivity index (χ0v) is 16.5. The van der Waals surface area contributed by atoms with Crippen LogP contribution in [0.3, 0.4) is 0 Å². The Bertz CT molecular complexity index is 983. The number of carbonyl (C=O) groups excluding carboxylic acids is 2. The average molecular weight is 395 g/mol. The van der Waals surface area contributed by atoms with Crippen molar-refractivity contribution in [3.8, 4) is 0 Å². The Balaban J connectivity index is 1.33. The van der Waals surface area contributed by atoms with Gasteiger partial charge in [-0.05, 0) is 36.6 Å². The number of pyridine rings is 1. The molecule has 4 rings (SSSR count). The van der Waals surface area contributed by atoms with Gasteiger partial charge in [-0.15, -0.1) is 11.8 Å². The number of aromatic nitrogens is 2. The summed E-state index contributed by atoms with van der Waals surface area (Å²) < 4.78 is 1.97. The number of carbonyl (C=O) groups is 2. The number of hydrogen-bond acceptors (Lipinski definition) is 4. The molecule has 7 heteroatoms. The van der Waals surface area contributed by atoms with E-state index in [-0.39, 0.29) is 24.2 Å². The number of anilines is 1. The Morgan fingerprint density at radius 3 is 3.00 bits per heavy atom. The lowest BCUT2D eigenvalue weighted by Crippen LogP contribution is -2.34. The zero-order chi connectivity index (χ0) is 19.5. The number of benzene rings is 1. The second-order valence-electron chi connectivity index (χ2n) is 6.85. The zero-order valence-electron chi connectivity index (χ0n) is 15.7. The van der Waals surface area contributed by atoms with Crippen LogP contribution in [0.4, 0.5) is 5.69 Å². The molecular weight excluding hydrogens is 372 g/mol. The van der Waals surface area contributed by atoms with E-state index < -0.39 is 0 Å². The van der Waals surface area contributed by atoms with Crippen LogP contribution in [-0.4, -0.2) is 40.5 Å². The van der Waals surface area contributed by atoms with Crippen LogP contribution in [0.2, 0.25) is 0 Å². The van der Waals surface area contributed by atoms with Gasteiger partial charge in [0.15, 0.2) is 0 Å². The van der Waals surface area contributed by atoms with E-state index in [1.165, 1.54) is 0 Å². The van der Waals surface area contributed by atoms with Gasteiger partial charge in [-0.3, -0.25) is 9.59 Å². The lowest BCUT2D eigenvalue weighted by atomic mass is 10.1. The molecule has 1 atom stereocenters. The van der Waals surface area contributed by atoms with E-state index in [9.17, 15) is 9.59 Å². The molecule has 1 aromatic carbocycles. The van der Waals surface area contributed by atoms with E-state index in [2.05, 4.69) is 10.3 Å². The van der Waals surface area contributed by atoms with Gasteiger partial charge in [0.05, 0.1) is 11.6 Å². The molecule has 144 valence electrons. The maximum atomic E-state index is 12.5. The third kappa shape index (κ3) is 3.89. The Labute approximate surface area is 167 Å². The summed E-state index contributed by atoms with van der Waals surface area (Å²) in [6, 6.07) is 13.7. The van der Waals surface area contributed by atoms with Crippen LogP contribution >= 0.6 is 11.8 Å². The molecule has 3 aromatic rings. The quantitative estimate of drug-likeness (QED) is 0.653. The number of nitrogens with one attached hydrogen (secondary N) is 1. The standard InChI is InChI=1S/C21H22N4O2S/c1-28-18-6-4-5-17(12-18)25-13-15(11-20(25)26)21(27)22-9-8-16-14-24-10-3-2-7-19(24)23-16/h2-7,10,12,14-15H,8-9,11,13H2,1H3,(H,22,27)/t15-/m0/s1. The molecule has 0 aliphatic carbocycles. The summed E-state index contributed by atoms with van der Waals surface area (Å²) in [5, 5.41) is 2.96. The number of hydrogen-bond donors (Lipinski definition) is 1. The van der Waals surface area contributed by atoms with E-state index in [1.54, 1.807) is 16.7 Å². The SMILES string of the molecule is CSc1cccc(N2C[C@@H](C(=O)NCCc3cn4ccccc4n3)CC2=O)c1. The topological polar surface area (TPSA) is 66.7 Å². The summed E-state index contributed by atoms with van der Waals surface area (Å²) in [6.45, 7) is 0.937. The van der Waals surface area contributed by atoms with Crippen LogP contribution < -0.4 is 10.2 Å². The maximum absolute atomic E-state index is 12.5. The second kappa shape index (κ2) is 8.06. The molecule has 0 saturated carbocycles. The summed E-state index contributed by atoms with van der Waals surface area (Å²) >= 11 is 1.64. The van der Waals surface area contributed by atoms with Crippen molar-refractivity contribution in [2.75, 3.05) is 24.2 Å². The van der Waals surface area contributed by atoms with E-state index in [0.717, 1.165) is 21.9 Å². The van der Waals surface area contributed by atoms with Crippen LogP contribution in [0, 0.1) is 5.92 Å². The molecule has 2 amide bonds. The Morgan fingerprint density at radius 2 is 2.18 bits per heavy atom. The maximum Gasteiger partial charge on any atom is 0.227 e. The van der Waals surface area contributed by atoms with E-state index >= 15 is 0 Å². The molecular formula is C21H22N4O2S. The third-order valence-electron chi connectivity index (χ3n) is 4.96. The van der Waals surface area contributed by atoms with E-state index in [1.807, 2.05) is 65.5 Å². The van der Waals surface area contributed by atoms with Crippen molar-refractivity contribution in [1.82, 2.24) is 14.7 Å². The molecule has 0 bridgehead atoms. The molecule has 0 radical (unpaired) electrons. The molecule has 6 nitrogen and oxygen atoms in total. The van der Waals surface area contributed by atoms with Crippen molar-refractivity contribution in [2.45, 2.75) is 17.7 Å². The molecule has 1 saturated heterocycles. The minimum absolute atomic E-state index is 0.00115. The van der Waals surface area contributed by atoms with Crippen molar-refractivity contribution in [3.63, 3.8) is 0 Å². The number of rotatable bonds is 6. The summed E-state index contributed by atoms with van der Waals surface area (Å²) in [6.07, 6.45) is 6.84. The van der Waals surface area contributed by atoms with Crippen LogP contribution in [0.25, 0.3) is 5.65 Å². The first kappa shape index (κ1) is 18.6. The first-order valence-corrected chi connectivity index (χ1v) is 10.5. The van der Waals surface area contributed by atoms with E-state index in [0.29, 0.717) is 19.5 Å². The first-order chi connectivity index (χ1) is 13.6. The highest BCUT2D eigenvalue weighted by Gasteiger charge is 2.35. The molecule has 0 unspecified atom stereocenters. The highest BCUT2D eigenvalue weighted by atomic mass is 32.2. The minimum Gasteiger partial charge on any atom is -0.355 e. The molecule has 1 aliphatic rings. The van der Waals surface area contributed by atoms with Gasteiger partial charge in [0, 0.05) is 48.9 Å². The Morgan fingerprint density at radius 1 is 1.29 bits per heavy atom. The smallest absolute Gasteiger partial charge is 0.227 e. The number of nitrogens with zero attached hydrogens (tertiary/aromatic N) is 3. The van der Waals surface area contributed by atoms with Gasteiger partial charge in [-0.25, -0.2) is 4.98 Å². The summed E-state index contributed by atoms with van der Waals surface area (Å²) in [5.41, 5.74) is 2.69. The van der Waals surface area contributed by atoms with Gasteiger partial charge in [-0.2, -0.15) is 0 Å². The molecule has 2 aromatic heterocycles. The monoisotopic (exact) mass is 394 g/mol. The molecule has 0 spiro atoms. The lowest BCUT2D eigenvalue weighted by molar-refractivity contribution is -0.126. The van der Waals surface area contributed by atoms with Crippen molar-refractivity contribution in [3.05, 3.63) is 60.6 Å². The molecule has 28 heavy (non-hydrogen) atoms. The fourth-order valence-corrected chi connectivity index (χ4v) is 3.93. The molecule has 1 N–H and O–H groups in total. The Hall–Kier alpha value is -2.80. The minimum atomic E-state index is -0.313. The van der Waals surface area contributed by atoms with Crippen LogP contribution in [0.5, 0.6) is 0 Å². The van der Waals surface area contributed by atoms with Crippen LogP contribution in [0.15, 0.2) is 59.8 Å². The van der Waals surface area contributed by atoms with Gasteiger partial charge in [-0.1, -0.05) is 12.1 Å². The van der Waals surface area contributed by atoms with Crippen molar-refractivity contribution >= 4 is 34.9 Å². The second-order valence-corrected chi connectivity index (χ2v) is 7.73. The van der Waals surface area contributed by atoms with Crippen molar-refractivity contribution in [1.29, 1.82) is 0 Å². The number of amides is 2. The highest BCUT2D eigenvalue weighted by molar-refractivity contribution is 7.98. The summed E-state index contributed by atoms with van der Waals surface area (Å²) in [4.78, 5) is 32.3. The normalized spacial score (nSPS) is 16.7. The largest absolute Gasteiger partial charge is 0.355 e. The number of imidazole rings is 1. The van der Waals surface area contributed by atoms with Crippen molar-refractivity contribution < 1.29 is 9.59 Å². The first-order valence-electron chi connectivity index (χ1n) is 9.29. The van der Waals surface area contributed by atoms with Gasteiger partial charge >= 0.3 is 0 Å². The number of thioether (sulfide) groups is 1. The Kier molecular flexibility index (Phi) is 5.34. The van der Waals surface area contributed by atoms with Gasteiger partial charge in [0.1, 0.15) is 5.65 Å². The predicted molar refractivity (Wildman–Crippen MR) is 111 cm³/mol. The average Bonchev–Trinajstić information content (AvgIpc) is 3.31. The van der Waals surface area contributed by atoms with E-state index in [4.69, 9.17) is 0 Å². The van der Waals surface area contributed by atoms with Gasteiger partial charge < -0.3 is 14.6 Å². The summed E-state index contributed by atoms with van der Waals surface area (Å²) in [7, 11) is 0. The predicted octanol–water partition coefficient (Wildman–Crippen LogP) is 2.77.